The molecule has 0 saturated carbocycles. The molecule has 0 aliphatic heterocycles. The topological polar surface area (TPSA) is 86.8 Å². The molecule has 0 fully saturated rings. The molecular formula is C35H37Cl2N3O4S. The number of amides is 2. The molecule has 0 aliphatic rings. The van der Waals surface area contributed by atoms with Crippen molar-refractivity contribution in [3.8, 4) is 0 Å². The van der Waals surface area contributed by atoms with Crippen LogP contribution < -0.4 is 9.62 Å². The van der Waals surface area contributed by atoms with Gasteiger partial charge in [0.15, 0.2) is 0 Å². The van der Waals surface area contributed by atoms with E-state index in [0.717, 1.165) is 28.3 Å². The van der Waals surface area contributed by atoms with Crippen molar-refractivity contribution in [1.82, 2.24) is 10.2 Å². The summed E-state index contributed by atoms with van der Waals surface area (Å²) in [6.45, 7) is 3.70. The lowest BCUT2D eigenvalue weighted by Crippen LogP contribution is -2.53. The van der Waals surface area contributed by atoms with Crippen LogP contribution in [0.3, 0.4) is 0 Å². The molecule has 0 aliphatic carbocycles. The minimum absolute atomic E-state index is 0.00885. The van der Waals surface area contributed by atoms with Gasteiger partial charge >= 0.3 is 0 Å². The second-order valence-electron chi connectivity index (χ2n) is 10.7. The summed E-state index contributed by atoms with van der Waals surface area (Å²) in [4.78, 5) is 29.8. The molecule has 2 amide bonds. The Morgan fingerprint density at radius 2 is 1.49 bits per heavy atom. The predicted octanol–water partition coefficient (Wildman–Crippen LogP) is 7.05. The van der Waals surface area contributed by atoms with Crippen LogP contribution in [0.4, 0.5) is 5.69 Å². The molecular weight excluding hydrogens is 629 g/mol. The minimum Gasteiger partial charge on any atom is -0.354 e. The summed E-state index contributed by atoms with van der Waals surface area (Å²) in [5.74, 6) is -0.902. The Bertz CT molecular complexity index is 1700. The molecule has 236 valence electrons. The number of carbonyl (C=O) groups is 2. The standard InChI is InChI=1S/C35H37Cl2N3O4S/c1-3-4-21-38-35(42)33(22-27-13-7-5-8-14-27)39(24-28-15-11-12-18-31(28)36)34(41)25-40(29-20-19-26(2)32(37)23-29)45(43,44)30-16-9-6-10-17-30/h5-20,23,33H,3-4,21-22,24-25H2,1-2H3,(H,38,42)/t33-/m0/s1. The molecule has 45 heavy (non-hydrogen) atoms. The molecule has 4 aromatic rings. The van der Waals surface area contributed by atoms with E-state index in [1.807, 2.05) is 44.2 Å². The van der Waals surface area contributed by atoms with E-state index in [1.165, 1.54) is 23.1 Å². The fourth-order valence-corrected chi connectivity index (χ4v) is 6.65. The molecule has 1 atom stereocenters. The van der Waals surface area contributed by atoms with Gasteiger partial charge in [-0.25, -0.2) is 8.42 Å². The van der Waals surface area contributed by atoms with E-state index in [4.69, 9.17) is 23.2 Å². The van der Waals surface area contributed by atoms with Gasteiger partial charge in [-0.1, -0.05) is 109 Å². The summed E-state index contributed by atoms with van der Waals surface area (Å²) in [5.41, 5.74) is 2.47. The summed E-state index contributed by atoms with van der Waals surface area (Å²) in [7, 11) is -4.22. The Kier molecular flexibility index (Phi) is 12.0. The van der Waals surface area contributed by atoms with Crippen molar-refractivity contribution in [1.29, 1.82) is 0 Å². The fourth-order valence-electron chi connectivity index (χ4n) is 4.86. The number of anilines is 1. The van der Waals surface area contributed by atoms with Crippen LogP contribution in [0.25, 0.3) is 0 Å². The molecule has 7 nitrogen and oxygen atoms in total. The summed E-state index contributed by atoms with van der Waals surface area (Å²) >= 11 is 13.0. The highest BCUT2D eigenvalue weighted by atomic mass is 35.5. The van der Waals surface area contributed by atoms with Crippen LogP contribution >= 0.6 is 23.2 Å². The highest BCUT2D eigenvalue weighted by molar-refractivity contribution is 7.92. The number of hydrogen-bond donors (Lipinski definition) is 1. The van der Waals surface area contributed by atoms with Crippen molar-refractivity contribution >= 4 is 50.7 Å². The van der Waals surface area contributed by atoms with Gasteiger partial charge in [0.1, 0.15) is 12.6 Å². The van der Waals surface area contributed by atoms with Crippen molar-refractivity contribution in [3.63, 3.8) is 0 Å². The number of aryl methyl sites for hydroxylation is 1. The van der Waals surface area contributed by atoms with Gasteiger partial charge in [-0.15, -0.1) is 0 Å². The van der Waals surface area contributed by atoms with E-state index >= 15 is 0 Å². The average Bonchev–Trinajstić information content (AvgIpc) is 3.04. The molecule has 1 N–H and O–H groups in total. The quantitative estimate of drug-likeness (QED) is 0.146. The summed E-state index contributed by atoms with van der Waals surface area (Å²) in [6, 6.07) is 28.3. The molecule has 0 spiro atoms. The molecule has 0 unspecified atom stereocenters. The summed E-state index contributed by atoms with van der Waals surface area (Å²) in [6.07, 6.45) is 1.88. The summed E-state index contributed by atoms with van der Waals surface area (Å²) < 4.78 is 29.2. The number of unbranched alkanes of at least 4 members (excludes halogenated alkanes) is 1. The van der Waals surface area contributed by atoms with E-state index in [9.17, 15) is 18.0 Å². The SMILES string of the molecule is CCCCNC(=O)[C@H](Cc1ccccc1)N(Cc1ccccc1Cl)C(=O)CN(c1ccc(C)c(Cl)c1)S(=O)(=O)c1ccccc1. The predicted molar refractivity (Wildman–Crippen MR) is 181 cm³/mol. The monoisotopic (exact) mass is 665 g/mol. The van der Waals surface area contributed by atoms with Crippen LogP contribution in [0.2, 0.25) is 10.0 Å². The van der Waals surface area contributed by atoms with Gasteiger partial charge in [-0.3, -0.25) is 13.9 Å². The molecule has 0 heterocycles. The Balaban J connectivity index is 1.81. The van der Waals surface area contributed by atoms with Crippen LogP contribution in [0.1, 0.15) is 36.5 Å². The lowest BCUT2D eigenvalue weighted by atomic mass is 10.0. The number of hydrogen-bond acceptors (Lipinski definition) is 4. The Morgan fingerprint density at radius 1 is 0.844 bits per heavy atom. The van der Waals surface area contributed by atoms with E-state index in [0.29, 0.717) is 22.2 Å². The van der Waals surface area contributed by atoms with Crippen molar-refractivity contribution < 1.29 is 18.0 Å². The van der Waals surface area contributed by atoms with E-state index in [2.05, 4.69) is 5.32 Å². The third kappa shape index (κ3) is 8.87. The maximum Gasteiger partial charge on any atom is 0.264 e. The third-order valence-electron chi connectivity index (χ3n) is 7.45. The molecule has 4 rings (SSSR count). The second-order valence-corrected chi connectivity index (χ2v) is 13.4. The van der Waals surface area contributed by atoms with Crippen LogP contribution in [0.15, 0.2) is 108 Å². The lowest BCUT2D eigenvalue weighted by molar-refractivity contribution is -0.140. The molecule has 0 radical (unpaired) electrons. The maximum atomic E-state index is 14.5. The van der Waals surface area contributed by atoms with Crippen LogP contribution in [0, 0.1) is 6.92 Å². The lowest BCUT2D eigenvalue weighted by Gasteiger charge is -2.34. The first-order valence-electron chi connectivity index (χ1n) is 14.8. The van der Waals surface area contributed by atoms with E-state index in [1.54, 1.807) is 54.6 Å². The normalized spacial score (nSPS) is 11.9. The Labute approximate surface area is 275 Å². The number of sulfonamides is 1. The van der Waals surface area contributed by atoms with Gasteiger partial charge in [-0.05, 0) is 60.4 Å². The number of nitrogens with zero attached hydrogens (tertiary/aromatic N) is 2. The Morgan fingerprint density at radius 3 is 2.13 bits per heavy atom. The third-order valence-corrected chi connectivity index (χ3v) is 10.0. The van der Waals surface area contributed by atoms with Gasteiger partial charge in [0.2, 0.25) is 11.8 Å². The van der Waals surface area contributed by atoms with Gasteiger partial charge in [0, 0.05) is 29.6 Å². The first-order chi connectivity index (χ1) is 21.6. The van der Waals surface area contributed by atoms with Gasteiger partial charge < -0.3 is 10.2 Å². The van der Waals surface area contributed by atoms with Crippen LogP contribution in [-0.4, -0.2) is 44.3 Å². The Hall–Kier alpha value is -3.85. The molecule has 10 heteroatoms. The fraction of sp³-hybridized carbons (Fsp3) is 0.257. The highest BCUT2D eigenvalue weighted by Crippen LogP contribution is 2.29. The molecule has 0 aromatic heterocycles. The van der Waals surface area contributed by atoms with Crippen LogP contribution in [-0.2, 0) is 32.6 Å². The number of halogens is 2. The first kappa shape index (κ1) is 34.0. The second kappa shape index (κ2) is 15.9. The van der Waals surface area contributed by atoms with Crippen molar-refractivity contribution in [2.45, 2.75) is 50.6 Å². The highest BCUT2D eigenvalue weighted by Gasteiger charge is 2.35. The molecule has 4 aromatic carbocycles. The smallest absolute Gasteiger partial charge is 0.264 e. The van der Waals surface area contributed by atoms with Crippen molar-refractivity contribution in [3.05, 3.63) is 130 Å². The minimum atomic E-state index is -4.22. The van der Waals surface area contributed by atoms with Gasteiger partial charge in [-0.2, -0.15) is 0 Å². The number of benzene rings is 4. The van der Waals surface area contributed by atoms with Crippen LogP contribution in [0.5, 0.6) is 0 Å². The van der Waals surface area contributed by atoms with Crippen molar-refractivity contribution in [2.75, 3.05) is 17.4 Å². The first-order valence-corrected chi connectivity index (χ1v) is 17.0. The average molecular weight is 667 g/mol. The van der Waals surface area contributed by atoms with E-state index in [-0.39, 0.29) is 29.5 Å². The maximum absolute atomic E-state index is 14.5. The largest absolute Gasteiger partial charge is 0.354 e. The summed E-state index contributed by atoms with van der Waals surface area (Å²) in [5, 5.41) is 3.77. The van der Waals surface area contributed by atoms with Gasteiger partial charge in [0.25, 0.3) is 10.0 Å². The molecule has 0 bridgehead atoms. The van der Waals surface area contributed by atoms with Crippen molar-refractivity contribution in [2.24, 2.45) is 0 Å². The number of rotatable bonds is 14. The number of carbonyl (C=O) groups excluding carboxylic acids is 2. The molecule has 0 saturated heterocycles. The zero-order valence-electron chi connectivity index (χ0n) is 25.3. The van der Waals surface area contributed by atoms with Gasteiger partial charge in [0.05, 0.1) is 10.6 Å². The number of nitrogens with one attached hydrogen (secondary N) is 1. The van der Waals surface area contributed by atoms with E-state index < -0.39 is 28.5 Å². The zero-order chi connectivity index (χ0) is 32.4. The zero-order valence-corrected chi connectivity index (χ0v) is 27.7.